The lowest BCUT2D eigenvalue weighted by Gasteiger charge is -2.19. The van der Waals surface area contributed by atoms with Gasteiger partial charge in [0.15, 0.2) is 0 Å². The molecule has 3 aliphatic rings. The summed E-state index contributed by atoms with van der Waals surface area (Å²) < 4.78 is 5.66. The molecule has 6 atom stereocenters. The highest BCUT2D eigenvalue weighted by atomic mass is 32.1. The minimum Gasteiger partial charge on any atom is -0.389 e. The van der Waals surface area contributed by atoms with Crippen LogP contribution >= 0.6 is 11.3 Å². The fraction of sp³-hybridized carbons (Fsp3) is 0.737. The van der Waals surface area contributed by atoms with E-state index in [1.54, 1.807) is 5.38 Å². The van der Waals surface area contributed by atoms with Gasteiger partial charge in [-0.15, -0.1) is 11.3 Å². The molecule has 7 nitrogen and oxygen atoms in total. The van der Waals surface area contributed by atoms with Crippen molar-refractivity contribution in [3.63, 3.8) is 0 Å². The number of fused-ring (bicyclic) bond motifs is 1. The van der Waals surface area contributed by atoms with E-state index in [9.17, 15) is 9.59 Å². The van der Waals surface area contributed by atoms with Crippen molar-refractivity contribution < 1.29 is 19.4 Å². The number of carbonyl (C=O) groups is 2. The SMILES string of the molecule is C[C@@H]1CC[C@H](C(=O)NC2C[C@H]3CC(NC(=O)c4csc(CO)n4)C[C@H]3C2)O1. The van der Waals surface area contributed by atoms with E-state index in [2.05, 4.69) is 15.6 Å². The third kappa shape index (κ3) is 4.17. The predicted molar refractivity (Wildman–Crippen MR) is 100 cm³/mol. The molecule has 0 bridgehead atoms. The van der Waals surface area contributed by atoms with Crippen LogP contribution in [0.5, 0.6) is 0 Å². The number of carbonyl (C=O) groups excluding carboxylic acids is 2. The molecule has 0 radical (unpaired) electrons. The van der Waals surface area contributed by atoms with Crippen LogP contribution in [-0.4, -0.2) is 46.2 Å². The fourth-order valence-electron chi connectivity index (χ4n) is 4.89. The van der Waals surface area contributed by atoms with E-state index in [1.165, 1.54) is 11.3 Å². The molecule has 1 aromatic heterocycles. The smallest absolute Gasteiger partial charge is 0.270 e. The van der Waals surface area contributed by atoms with Gasteiger partial charge in [0.1, 0.15) is 16.8 Å². The molecule has 4 rings (SSSR count). The van der Waals surface area contributed by atoms with Crippen LogP contribution in [0.25, 0.3) is 0 Å². The van der Waals surface area contributed by atoms with Crippen LogP contribution in [0.3, 0.4) is 0 Å². The molecular formula is C19H27N3O4S. The third-order valence-corrected chi connectivity index (χ3v) is 6.97. The normalized spacial score (nSPS) is 35.2. The summed E-state index contributed by atoms with van der Waals surface area (Å²) in [5.41, 5.74) is 0.386. The van der Waals surface area contributed by atoms with Crippen molar-refractivity contribution in [1.82, 2.24) is 15.6 Å². The molecule has 8 heteroatoms. The van der Waals surface area contributed by atoms with E-state index in [-0.39, 0.29) is 42.7 Å². The highest BCUT2D eigenvalue weighted by molar-refractivity contribution is 7.09. The molecule has 2 heterocycles. The van der Waals surface area contributed by atoms with E-state index >= 15 is 0 Å². The molecule has 2 amide bonds. The second kappa shape index (κ2) is 7.85. The first-order chi connectivity index (χ1) is 13.0. The zero-order valence-corrected chi connectivity index (χ0v) is 16.3. The zero-order chi connectivity index (χ0) is 19.0. The van der Waals surface area contributed by atoms with Gasteiger partial charge in [-0.3, -0.25) is 9.59 Å². The number of hydrogen-bond donors (Lipinski definition) is 3. The molecule has 2 aliphatic carbocycles. The summed E-state index contributed by atoms with van der Waals surface area (Å²) in [6.07, 6.45) is 5.54. The van der Waals surface area contributed by atoms with Crippen molar-refractivity contribution in [3.8, 4) is 0 Å². The van der Waals surface area contributed by atoms with Gasteiger partial charge in [0.2, 0.25) is 5.91 Å². The van der Waals surface area contributed by atoms with Crippen LogP contribution < -0.4 is 10.6 Å². The van der Waals surface area contributed by atoms with Crippen LogP contribution in [0.2, 0.25) is 0 Å². The standard InChI is InChI=1S/C19H27N3O4S/c1-10-2-3-16(26-10)19(25)21-14-6-11-4-13(5-12(11)7-14)20-18(24)15-9-27-17(8-23)22-15/h9-14,16,23H,2-8H2,1H3,(H,20,24)(H,21,25)/t10-,11-,12+,13?,14?,16-/m1/s1. The number of amides is 2. The molecule has 2 saturated carbocycles. The first-order valence-electron chi connectivity index (χ1n) is 9.83. The summed E-state index contributed by atoms with van der Waals surface area (Å²) in [4.78, 5) is 28.8. The van der Waals surface area contributed by atoms with Gasteiger partial charge in [0, 0.05) is 17.5 Å². The number of nitrogens with one attached hydrogen (secondary N) is 2. The Morgan fingerprint density at radius 2 is 1.85 bits per heavy atom. The van der Waals surface area contributed by atoms with E-state index in [1.807, 2.05) is 6.92 Å². The summed E-state index contributed by atoms with van der Waals surface area (Å²) in [6, 6.07) is 0.400. The van der Waals surface area contributed by atoms with Crippen LogP contribution in [0.4, 0.5) is 0 Å². The average Bonchev–Trinajstić information content (AvgIpc) is 3.37. The van der Waals surface area contributed by atoms with Crippen LogP contribution in [0.15, 0.2) is 5.38 Å². The average molecular weight is 394 g/mol. The van der Waals surface area contributed by atoms with Crippen LogP contribution in [-0.2, 0) is 16.1 Å². The van der Waals surface area contributed by atoms with Gasteiger partial charge in [0.05, 0.1) is 12.7 Å². The Kier molecular flexibility index (Phi) is 5.48. The molecule has 1 saturated heterocycles. The highest BCUT2D eigenvalue weighted by Gasteiger charge is 2.43. The summed E-state index contributed by atoms with van der Waals surface area (Å²) in [5.74, 6) is 0.977. The molecule has 1 aromatic rings. The molecule has 0 spiro atoms. The number of aliphatic hydroxyl groups is 1. The fourth-order valence-corrected chi connectivity index (χ4v) is 5.52. The quantitative estimate of drug-likeness (QED) is 0.706. The molecule has 148 valence electrons. The van der Waals surface area contributed by atoms with Crippen molar-refractivity contribution in [2.75, 3.05) is 0 Å². The second-order valence-corrected chi connectivity index (χ2v) is 9.08. The summed E-state index contributed by atoms with van der Waals surface area (Å²) >= 11 is 1.30. The van der Waals surface area contributed by atoms with Gasteiger partial charge in [-0.1, -0.05) is 0 Å². The number of ether oxygens (including phenoxy) is 1. The number of aliphatic hydroxyl groups excluding tert-OH is 1. The number of nitrogens with zero attached hydrogens (tertiary/aromatic N) is 1. The van der Waals surface area contributed by atoms with Crippen LogP contribution in [0, 0.1) is 11.8 Å². The maximum Gasteiger partial charge on any atom is 0.270 e. The minimum atomic E-state index is -0.283. The van der Waals surface area contributed by atoms with Gasteiger partial charge < -0.3 is 20.5 Å². The monoisotopic (exact) mass is 393 g/mol. The molecule has 27 heavy (non-hydrogen) atoms. The van der Waals surface area contributed by atoms with E-state index in [0.717, 1.165) is 38.5 Å². The molecule has 0 aromatic carbocycles. The number of rotatable bonds is 5. The number of hydrogen-bond acceptors (Lipinski definition) is 6. The number of aromatic nitrogens is 1. The summed E-state index contributed by atoms with van der Waals surface area (Å²) in [7, 11) is 0. The second-order valence-electron chi connectivity index (χ2n) is 8.14. The van der Waals surface area contributed by atoms with Gasteiger partial charge in [-0.05, 0) is 57.3 Å². The highest BCUT2D eigenvalue weighted by Crippen LogP contribution is 2.44. The predicted octanol–water partition coefficient (Wildman–Crippen LogP) is 1.61. The molecule has 2 unspecified atom stereocenters. The lowest BCUT2D eigenvalue weighted by atomic mass is 10.0. The van der Waals surface area contributed by atoms with Crippen molar-refractivity contribution in [1.29, 1.82) is 0 Å². The first-order valence-corrected chi connectivity index (χ1v) is 10.7. The Bertz CT molecular complexity index is 695. The first kappa shape index (κ1) is 18.8. The van der Waals surface area contributed by atoms with Crippen molar-refractivity contribution in [2.24, 2.45) is 11.8 Å². The summed E-state index contributed by atoms with van der Waals surface area (Å²) in [5, 5.41) is 17.6. The Hall–Kier alpha value is -1.51. The van der Waals surface area contributed by atoms with Crippen molar-refractivity contribution in [2.45, 2.75) is 76.3 Å². The van der Waals surface area contributed by atoms with E-state index in [4.69, 9.17) is 9.84 Å². The zero-order valence-electron chi connectivity index (χ0n) is 15.5. The van der Waals surface area contributed by atoms with E-state index < -0.39 is 0 Å². The largest absolute Gasteiger partial charge is 0.389 e. The van der Waals surface area contributed by atoms with Gasteiger partial charge in [-0.2, -0.15) is 0 Å². The maximum absolute atomic E-state index is 12.3. The lowest BCUT2D eigenvalue weighted by Crippen LogP contribution is -2.41. The topological polar surface area (TPSA) is 101 Å². The number of thiazole rings is 1. The maximum atomic E-state index is 12.3. The molecule has 3 fully saturated rings. The van der Waals surface area contributed by atoms with Gasteiger partial charge in [-0.25, -0.2) is 4.98 Å². The molecule has 1 aliphatic heterocycles. The lowest BCUT2D eigenvalue weighted by molar-refractivity contribution is -0.132. The van der Waals surface area contributed by atoms with Crippen molar-refractivity contribution >= 4 is 23.2 Å². The van der Waals surface area contributed by atoms with Crippen molar-refractivity contribution in [3.05, 3.63) is 16.1 Å². The molecule has 3 N–H and O–H groups in total. The Morgan fingerprint density at radius 3 is 2.41 bits per heavy atom. The summed E-state index contributed by atoms with van der Waals surface area (Å²) in [6.45, 7) is 1.88. The van der Waals surface area contributed by atoms with Gasteiger partial charge in [0.25, 0.3) is 5.91 Å². The van der Waals surface area contributed by atoms with Crippen LogP contribution in [0.1, 0.15) is 60.9 Å². The van der Waals surface area contributed by atoms with E-state index in [0.29, 0.717) is 22.5 Å². The third-order valence-electron chi connectivity index (χ3n) is 6.14. The molecular weight excluding hydrogens is 366 g/mol. The minimum absolute atomic E-state index is 0.0393. The Morgan fingerprint density at radius 1 is 1.19 bits per heavy atom. The Balaban J connectivity index is 1.23. The van der Waals surface area contributed by atoms with Gasteiger partial charge >= 0.3 is 0 Å². The Labute approximate surface area is 162 Å².